The maximum atomic E-state index is 11.5. The molecule has 3 aromatic heterocycles. The number of fused-ring (bicyclic) bond motifs is 1. The molecule has 0 saturated carbocycles. The number of hydrazine groups is 1. The zero-order chi connectivity index (χ0) is 17.6. The van der Waals surface area contributed by atoms with E-state index in [1.54, 1.807) is 6.07 Å². The van der Waals surface area contributed by atoms with Crippen LogP contribution in [-0.4, -0.2) is 51.1 Å². The maximum Gasteiger partial charge on any atom is 0.233 e. The van der Waals surface area contributed by atoms with E-state index < -0.39 is 0 Å². The number of nitrogens with one attached hydrogen (secondary N) is 4. The van der Waals surface area contributed by atoms with Gasteiger partial charge in [-0.1, -0.05) is 11.6 Å². The predicted octanol–water partition coefficient (Wildman–Crippen LogP) is 1.40. The summed E-state index contributed by atoms with van der Waals surface area (Å²) in [5, 5.41) is 7.26. The zero-order valence-electron chi connectivity index (χ0n) is 13.6. The molecule has 1 aliphatic heterocycles. The van der Waals surface area contributed by atoms with Crippen LogP contribution in [0.4, 0.5) is 0 Å². The number of carbonyl (C=O) groups is 1. The first kappa shape index (κ1) is 16.0. The van der Waals surface area contributed by atoms with E-state index >= 15 is 0 Å². The van der Waals surface area contributed by atoms with Crippen LogP contribution in [0.25, 0.3) is 22.6 Å². The Kier molecular flexibility index (Phi) is 3.91. The smallest absolute Gasteiger partial charge is 0.233 e. The van der Waals surface area contributed by atoms with E-state index in [1.165, 1.54) is 14.0 Å². The van der Waals surface area contributed by atoms with Gasteiger partial charge >= 0.3 is 0 Å². The van der Waals surface area contributed by atoms with Crippen LogP contribution in [0.3, 0.4) is 0 Å². The van der Waals surface area contributed by atoms with Crippen molar-refractivity contribution in [1.82, 2.24) is 36.0 Å². The monoisotopic (exact) mass is 361 g/mol. The summed E-state index contributed by atoms with van der Waals surface area (Å²) in [5.41, 5.74) is 9.41. The fourth-order valence-electron chi connectivity index (χ4n) is 3.01. The second kappa shape index (κ2) is 6.10. The van der Waals surface area contributed by atoms with Crippen molar-refractivity contribution in [3.05, 3.63) is 22.5 Å². The van der Waals surface area contributed by atoms with Crippen LogP contribution in [-0.2, 0) is 0 Å². The minimum Gasteiger partial charge on any atom is -0.480 e. The first-order chi connectivity index (χ1) is 12.1. The van der Waals surface area contributed by atoms with Gasteiger partial charge in [-0.2, -0.15) is 5.10 Å². The van der Waals surface area contributed by atoms with Gasteiger partial charge in [0.1, 0.15) is 5.02 Å². The lowest BCUT2D eigenvalue weighted by molar-refractivity contribution is 0.100. The number of halogens is 1. The van der Waals surface area contributed by atoms with Gasteiger partial charge in [-0.15, -0.1) is 0 Å². The predicted molar refractivity (Wildman–Crippen MR) is 91.8 cm³/mol. The van der Waals surface area contributed by atoms with Gasteiger partial charge in [0.2, 0.25) is 5.88 Å². The highest BCUT2D eigenvalue weighted by molar-refractivity contribution is 6.32. The number of rotatable bonds is 4. The average molecular weight is 362 g/mol. The Morgan fingerprint density at radius 3 is 2.72 bits per heavy atom. The zero-order valence-corrected chi connectivity index (χ0v) is 14.4. The van der Waals surface area contributed by atoms with Gasteiger partial charge in [0.25, 0.3) is 0 Å². The molecule has 1 saturated heterocycles. The third-order valence-corrected chi connectivity index (χ3v) is 4.46. The van der Waals surface area contributed by atoms with E-state index in [0.717, 1.165) is 29.7 Å². The molecule has 0 amide bonds. The molecule has 3 aromatic rings. The third kappa shape index (κ3) is 2.66. The van der Waals surface area contributed by atoms with E-state index in [-0.39, 0.29) is 17.5 Å². The van der Waals surface area contributed by atoms with Crippen LogP contribution in [0.15, 0.2) is 6.07 Å². The summed E-state index contributed by atoms with van der Waals surface area (Å²) in [5.74, 6) is 0.968. The molecule has 0 unspecified atom stereocenters. The Hall–Kier alpha value is -2.49. The van der Waals surface area contributed by atoms with Crippen LogP contribution in [0.5, 0.6) is 5.88 Å². The van der Waals surface area contributed by atoms with Gasteiger partial charge in [-0.25, -0.2) is 9.97 Å². The number of H-pyrrole nitrogens is 2. The summed E-state index contributed by atoms with van der Waals surface area (Å²) >= 11 is 6.20. The van der Waals surface area contributed by atoms with Gasteiger partial charge in [0.05, 0.1) is 23.8 Å². The van der Waals surface area contributed by atoms with E-state index in [2.05, 4.69) is 36.0 Å². The van der Waals surface area contributed by atoms with Crippen molar-refractivity contribution in [3.63, 3.8) is 0 Å². The Labute approximate surface area is 147 Å². The van der Waals surface area contributed by atoms with Crippen molar-refractivity contribution < 1.29 is 9.53 Å². The number of hydrogen-bond acceptors (Lipinski definition) is 7. The maximum absolute atomic E-state index is 11.5. The van der Waals surface area contributed by atoms with Crippen LogP contribution >= 0.6 is 11.6 Å². The summed E-state index contributed by atoms with van der Waals surface area (Å²) in [6, 6.07) is 1.77. The van der Waals surface area contributed by atoms with Crippen molar-refractivity contribution in [1.29, 1.82) is 0 Å². The number of ketones is 1. The molecule has 1 fully saturated rings. The Bertz CT molecular complexity index is 958. The number of aromatic amines is 2. The molecule has 10 heteroatoms. The molecule has 0 aromatic carbocycles. The normalized spacial score (nSPS) is 15.2. The minimum atomic E-state index is -0.177. The number of carbonyl (C=O) groups excluding carboxylic acids is 1. The molecule has 0 radical (unpaired) electrons. The third-order valence-electron chi connectivity index (χ3n) is 4.19. The van der Waals surface area contributed by atoms with Crippen LogP contribution in [0.1, 0.15) is 29.0 Å². The van der Waals surface area contributed by atoms with Crippen LogP contribution in [0.2, 0.25) is 5.02 Å². The van der Waals surface area contributed by atoms with Crippen LogP contribution in [0, 0.1) is 0 Å². The van der Waals surface area contributed by atoms with Crippen LogP contribution < -0.4 is 15.6 Å². The number of methoxy groups -OCH3 is 1. The van der Waals surface area contributed by atoms with E-state index in [0.29, 0.717) is 22.4 Å². The minimum absolute atomic E-state index is 0.154. The highest BCUT2D eigenvalue weighted by Gasteiger charge is 2.28. The van der Waals surface area contributed by atoms with Gasteiger partial charge in [-0.3, -0.25) is 20.7 Å². The molecule has 0 spiro atoms. The molecule has 0 atom stereocenters. The number of nitrogens with zero attached hydrogens (tertiary/aromatic N) is 3. The second-order valence-electron chi connectivity index (χ2n) is 5.81. The topological polar surface area (TPSA) is 121 Å². The molecule has 9 nitrogen and oxygen atoms in total. The van der Waals surface area contributed by atoms with Crippen molar-refractivity contribution >= 4 is 28.4 Å². The number of aromatic nitrogens is 5. The van der Waals surface area contributed by atoms with Crippen molar-refractivity contribution in [3.8, 4) is 17.4 Å². The fourth-order valence-corrected chi connectivity index (χ4v) is 3.24. The van der Waals surface area contributed by atoms with E-state index in [9.17, 15) is 4.79 Å². The van der Waals surface area contributed by atoms with Gasteiger partial charge in [-0.05, 0) is 6.07 Å². The number of ether oxygens (including phenoxy) is 1. The van der Waals surface area contributed by atoms with Gasteiger partial charge in [0, 0.05) is 31.5 Å². The highest BCUT2D eigenvalue weighted by Crippen LogP contribution is 2.37. The second-order valence-corrected chi connectivity index (χ2v) is 6.22. The van der Waals surface area contributed by atoms with Gasteiger partial charge < -0.3 is 9.72 Å². The molecule has 130 valence electrons. The molecular formula is C15H16ClN7O2. The summed E-state index contributed by atoms with van der Waals surface area (Å²) in [7, 11) is 1.53. The highest BCUT2D eigenvalue weighted by atomic mass is 35.5. The largest absolute Gasteiger partial charge is 0.480 e. The average Bonchev–Trinajstić information content (AvgIpc) is 3.31. The standard InChI is InChI=1S/C15H16ClN7O2/c1-6(24)13-21-14(23-22-13)12-10(7-4-17-18-5-7)11-9(19-12)3-8(16)15(20-11)25-2/h3,7,17-19H,4-5H2,1-2H3,(H,21,22,23). The summed E-state index contributed by atoms with van der Waals surface area (Å²) in [4.78, 5) is 23.7. The Balaban J connectivity index is 1.95. The van der Waals surface area contributed by atoms with E-state index in [4.69, 9.17) is 16.3 Å². The van der Waals surface area contributed by atoms with Crippen molar-refractivity contribution in [2.75, 3.05) is 20.2 Å². The fraction of sp³-hybridized carbons (Fsp3) is 0.333. The lowest BCUT2D eigenvalue weighted by atomic mass is 9.98. The van der Waals surface area contributed by atoms with Crippen molar-refractivity contribution in [2.45, 2.75) is 12.8 Å². The number of Topliss-reactive ketones (excluding diaryl/α,β-unsaturated/α-hetero) is 1. The molecule has 25 heavy (non-hydrogen) atoms. The first-order valence-electron chi connectivity index (χ1n) is 7.74. The lowest BCUT2D eigenvalue weighted by Gasteiger charge is -2.09. The summed E-state index contributed by atoms with van der Waals surface area (Å²) < 4.78 is 5.25. The quantitative estimate of drug-likeness (QED) is 0.518. The SMILES string of the molecule is COc1nc2c(C3CNNC3)c(-c3n[nH]c(C(C)=O)n3)[nH]c2cc1Cl. The molecule has 4 N–H and O–H groups in total. The summed E-state index contributed by atoms with van der Waals surface area (Å²) in [6.45, 7) is 2.90. The molecule has 4 heterocycles. The number of pyridine rings is 1. The van der Waals surface area contributed by atoms with Crippen molar-refractivity contribution in [2.24, 2.45) is 0 Å². The number of hydrogen-bond donors (Lipinski definition) is 4. The molecule has 0 bridgehead atoms. The molecule has 4 rings (SSSR count). The van der Waals surface area contributed by atoms with Gasteiger partial charge in [0.15, 0.2) is 17.4 Å². The first-order valence-corrected chi connectivity index (χ1v) is 8.11. The summed E-state index contributed by atoms with van der Waals surface area (Å²) in [6.07, 6.45) is 0. The Morgan fingerprint density at radius 1 is 1.32 bits per heavy atom. The molecule has 1 aliphatic rings. The Morgan fingerprint density at radius 2 is 2.08 bits per heavy atom. The lowest BCUT2D eigenvalue weighted by Crippen LogP contribution is -2.21. The molecular weight excluding hydrogens is 346 g/mol. The van der Waals surface area contributed by atoms with E-state index in [1.807, 2.05) is 0 Å². The molecule has 0 aliphatic carbocycles.